The minimum absolute atomic E-state index is 0.0143. The van der Waals surface area contributed by atoms with Gasteiger partial charge in [0, 0.05) is 25.1 Å². The lowest BCUT2D eigenvalue weighted by atomic mass is 9.97. The maximum absolute atomic E-state index is 11.8. The van der Waals surface area contributed by atoms with Crippen molar-refractivity contribution < 1.29 is 9.53 Å². The second-order valence-electron chi connectivity index (χ2n) is 3.93. The van der Waals surface area contributed by atoms with E-state index in [1.165, 1.54) is 0 Å². The lowest BCUT2D eigenvalue weighted by Gasteiger charge is -2.25. The number of hydrogen-bond acceptors (Lipinski definition) is 3. The molecule has 1 saturated heterocycles. The zero-order valence-corrected chi connectivity index (χ0v) is 9.53. The van der Waals surface area contributed by atoms with Crippen LogP contribution in [-0.2, 0) is 4.74 Å². The Balaban J connectivity index is 2.28. The van der Waals surface area contributed by atoms with Gasteiger partial charge >= 0.3 is 0 Å². The quantitative estimate of drug-likeness (QED) is 0.789. The first-order chi connectivity index (χ1) is 7.83. The Morgan fingerprint density at radius 3 is 3.00 bits per heavy atom. The number of hydrogen-bond donors (Lipinski definition) is 1. The van der Waals surface area contributed by atoms with E-state index >= 15 is 0 Å². The van der Waals surface area contributed by atoms with Crippen LogP contribution in [0.1, 0.15) is 35.4 Å². The predicted octanol–water partition coefficient (Wildman–Crippen LogP) is 1.94. The van der Waals surface area contributed by atoms with Crippen LogP contribution < -0.4 is 5.32 Å². The van der Waals surface area contributed by atoms with Gasteiger partial charge in [0.05, 0.1) is 12.7 Å². The van der Waals surface area contributed by atoms with Crippen LogP contribution in [0.2, 0.25) is 0 Å². The molecule has 0 spiro atoms. The molecule has 1 aromatic rings. The summed E-state index contributed by atoms with van der Waals surface area (Å²) in [6, 6.07) is 7.74. The zero-order chi connectivity index (χ0) is 11.4. The normalized spacial score (nSPS) is 20.7. The van der Waals surface area contributed by atoms with Crippen molar-refractivity contribution in [1.82, 2.24) is 5.32 Å². The highest BCUT2D eigenvalue weighted by atomic mass is 16.5. The van der Waals surface area contributed by atoms with Gasteiger partial charge in [-0.15, -0.1) is 0 Å². The summed E-state index contributed by atoms with van der Waals surface area (Å²) in [4.78, 5) is 11.8. The molecule has 0 radical (unpaired) electrons. The van der Waals surface area contributed by atoms with E-state index in [0.717, 1.165) is 24.2 Å². The molecule has 1 aliphatic heterocycles. The standard InChI is InChI=1S/C13H17NO2/c1-2-12(15)10-5-3-4-6-11(10)13-9-14-7-8-16-13/h3-6,13-14H,2,7-9H2,1H3. The molecule has 16 heavy (non-hydrogen) atoms. The molecule has 0 saturated carbocycles. The number of carbonyl (C=O) groups excluding carboxylic acids is 1. The fourth-order valence-electron chi connectivity index (χ4n) is 1.99. The number of morpholine rings is 1. The number of Topliss-reactive ketones (excluding diaryl/α,β-unsaturated/α-hetero) is 1. The molecule has 1 N–H and O–H groups in total. The Morgan fingerprint density at radius 2 is 2.31 bits per heavy atom. The monoisotopic (exact) mass is 219 g/mol. The van der Waals surface area contributed by atoms with Crippen molar-refractivity contribution in [3.8, 4) is 0 Å². The molecule has 0 aliphatic carbocycles. The molecule has 0 aromatic heterocycles. The summed E-state index contributed by atoms with van der Waals surface area (Å²) in [5.74, 6) is 0.185. The zero-order valence-electron chi connectivity index (χ0n) is 9.53. The molecule has 1 unspecified atom stereocenters. The average molecular weight is 219 g/mol. The number of ether oxygens (including phenoxy) is 1. The van der Waals surface area contributed by atoms with Crippen molar-refractivity contribution in [2.24, 2.45) is 0 Å². The van der Waals surface area contributed by atoms with E-state index in [4.69, 9.17) is 4.74 Å². The first-order valence-corrected chi connectivity index (χ1v) is 5.77. The Kier molecular flexibility index (Phi) is 3.70. The summed E-state index contributed by atoms with van der Waals surface area (Å²) in [5, 5.41) is 3.28. The van der Waals surface area contributed by atoms with Crippen molar-refractivity contribution in [3.05, 3.63) is 35.4 Å². The van der Waals surface area contributed by atoms with Crippen LogP contribution in [-0.4, -0.2) is 25.5 Å². The second-order valence-corrected chi connectivity index (χ2v) is 3.93. The van der Waals surface area contributed by atoms with Crippen LogP contribution in [0.25, 0.3) is 0 Å². The largest absolute Gasteiger partial charge is 0.371 e. The van der Waals surface area contributed by atoms with Gasteiger partial charge in [-0.25, -0.2) is 0 Å². The van der Waals surface area contributed by atoms with Gasteiger partial charge in [0.2, 0.25) is 0 Å². The molecule has 1 heterocycles. The van der Waals surface area contributed by atoms with Crippen LogP contribution in [0.5, 0.6) is 0 Å². The number of carbonyl (C=O) groups is 1. The minimum atomic E-state index is 0.0143. The Hall–Kier alpha value is -1.19. The predicted molar refractivity (Wildman–Crippen MR) is 62.6 cm³/mol. The molecular formula is C13H17NO2. The summed E-state index contributed by atoms with van der Waals surface area (Å²) in [6.45, 7) is 4.27. The van der Waals surface area contributed by atoms with Gasteiger partial charge in [0.25, 0.3) is 0 Å². The van der Waals surface area contributed by atoms with Crippen LogP contribution >= 0.6 is 0 Å². The molecule has 1 aliphatic rings. The number of ketones is 1. The van der Waals surface area contributed by atoms with Crippen molar-refractivity contribution in [2.45, 2.75) is 19.4 Å². The Morgan fingerprint density at radius 1 is 1.50 bits per heavy atom. The first kappa shape index (κ1) is 11.3. The smallest absolute Gasteiger partial charge is 0.162 e. The third-order valence-corrected chi connectivity index (χ3v) is 2.86. The second kappa shape index (κ2) is 5.23. The summed E-state index contributed by atoms with van der Waals surface area (Å²) in [7, 11) is 0. The summed E-state index contributed by atoms with van der Waals surface area (Å²) in [5.41, 5.74) is 1.82. The fraction of sp³-hybridized carbons (Fsp3) is 0.462. The summed E-state index contributed by atoms with van der Waals surface area (Å²) in [6.07, 6.45) is 0.553. The maximum Gasteiger partial charge on any atom is 0.162 e. The maximum atomic E-state index is 11.8. The lowest BCUT2D eigenvalue weighted by Crippen LogP contribution is -2.34. The third-order valence-electron chi connectivity index (χ3n) is 2.86. The number of rotatable bonds is 3. The van der Waals surface area contributed by atoms with Crippen molar-refractivity contribution >= 4 is 5.78 Å². The topological polar surface area (TPSA) is 38.3 Å². The molecule has 0 amide bonds. The Labute approximate surface area is 95.8 Å². The van der Waals surface area contributed by atoms with E-state index in [9.17, 15) is 4.79 Å². The summed E-state index contributed by atoms with van der Waals surface area (Å²) < 4.78 is 5.68. The molecule has 2 rings (SSSR count). The highest BCUT2D eigenvalue weighted by molar-refractivity contribution is 5.97. The lowest BCUT2D eigenvalue weighted by molar-refractivity contribution is 0.0271. The van der Waals surface area contributed by atoms with Gasteiger partial charge in [-0.1, -0.05) is 31.2 Å². The average Bonchev–Trinajstić information content (AvgIpc) is 2.39. The summed E-state index contributed by atoms with van der Waals surface area (Å²) >= 11 is 0. The van der Waals surface area contributed by atoms with Gasteiger partial charge < -0.3 is 10.1 Å². The van der Waals surface area contributed by atoms with Gasteiger partial charge in [-0.2, -0.15) is 0 Å². The molecule has 3 nitrogen and oxygen atoms in total. The van der Waals surface area contributed by atoms with Gasteiger partial charge in [-0.05, 0) is 5.56 Å². The van der Waals surface area contributed by atoms with Crippen molar-refractivity contribution in [1.29, 1.82) is 0 Å². The van der Waals surface area contributed by atoms with Crippen LogP contribution in [0.3, 0.4) is 0 Å². The van der Waals surface area contributed by atoms with Crippen LogP contribution in [0, 0.1) is 0 Å². The van der Waals surface area contributed by atoms with E-state index < -0.39 is 0 Å². The third kappa shape index (κ3) is 2.31. The Bertz CT molecular complexity index is 370. The fourth-order valence-corrected chi connectivity index (χ4v) is 1.99. The van der Waals surface area contributed by atoms with E-state index in [2.05, 4.69) is 5.32 Å². The first-order valence-electron chi connectivity index (χ1n) is 5.77. The highest BCUT2D eigenvalue weighted by Crippen LogP contribution is 2.23. The van der Waals surface area contributed by atoms with E-state index in [1.54, 1.807) is 0 Å². The molecule has 86 valence electrons. The highest BCUT2D eigenvalue weighted by Gasteiger charge is 2.20. The molecule has 1 fully saturated rings. The van der Waals surface area contributed by atoms with E-state index in [1.807, 2.05) is 31.2 Å². The van der Waals surface area contributed by atoms with Crippen molar-refractivity contribution in [2.75, 3.05) is 19.7 Å². The molecular weight excluding hydrogens is 202 g/mol. The SMILES string of the molecule is CCC(=O)c1ccccc1C1CNCCO1. The molecule has 1 atom stereocenters. The molecule has 1 aromatic carbocycles. The minimum Gasteiger partial charge on any atom is -0.371 e. The number of nitrogens with one attached hydrogen (secondary N) is 1. The van der Waals surface area contributed by atoms with Gasteiger partial charge in [0.1, 0.15) is 0 Å². The van der Waals surface area contributed by atoms with Crippen molar-refractivity contribution in [3.63, 3.8) is 0 Å². The van der Waals surface area contributed by atoms with Crippen LogP contribution in [0.4, 0.5) is 0 Å². The van der Waals surface area contributed by atoms with Crippen LogP contribution in [0.15, 0.2) is 24.3 Å². The van der Waals surface area contributed by atoms with Gasteiger partial charge in [0.15, 0.2) is 5.78 Å². The van der Waals surface area contributed by atoms with E-state index in [0.29, 0.717) is 13.0 Å². The molecule has 3 heteroatoms. The molecule has 0 bridgehead atoms. The van der Waals surface area contributed by atoms with E-state index in [-0.39, 0.29) is 11.9 Å². The number of benzene rings is 1. The van der Waals surface area contributed by atoms with Gasteiger partial charge in [-0.3, -0.25) is 4.79 Å².